The summed E-state index contributed by atoms with van der Waals surface area (Å²) in [4.78, 5) is 4.16. The summed E-state index contributed by atoms with van der Waals surface area (Å²) in [6, 6.07) is 2.88. The lowest BCUT2D eigenvalue weighted by Crippen LogP contribution is -2.18. The van der Waals surface area contributed by atoms with Gasteiger partial charge in [0.15, 0.2) is 5.65 Å². The first-order valence-corrected chi connectivity index (χ1v) is 5.62. The maximum atomic E-state index is 12.9. The number of rotatable bonds is 6. The Balaban J connectivity index is 1.92. The standard InChI is InChI=1S/C11H15FN4O2/c1-18-7-9(17)4-5-13-11-14-10-3-2-8(12)6-16(10)15-11/h2-3,6,9,17H,4-5,7H2,1H3,(H,13,15). The largest absolute Gasteiger partial charge is 0.391 e. The molecule has 2 rings (SSSR count). The fraction of sp³-hybridized carbons (Fsp3) is 0.455. The molecule has 98 valence electrons. The van der Waals surface area contributed by atoms with E-state index in [1.165, 1.54) is 23.9 Å². The monoisotopic (exact) mass is 254 g/mol. The number of aromatic nitrogens is 3. The van der Waals surface area contributed by atoms with Crippen LogP contribution in [0.25, 0.3) is 5.65 Å². The molecule has 0 saturated heterocycles. The van der Waals surface area contributed by atoms with Gasteiger partial charge in [-0.3, -0.25) is 0 Å². The van der Waals surface area contributed by atoms with E-state index in [0.29, 0.717) is 31.2 Å². The van der Waals surface area contributed by atoms with Gasteiger partial charge in [-0.25, -0.2) is 8.91 Å². The Kier molecular flexibility index (Phi) is 4.06. The third kappa shape index (κ3) is 3.14. The summed E-state index contributed by atoms with van der Waals surface area (Å²) < 4.78 is 19.1. The molecule has 2 heterocycles. The van der Waals surface area contributed by atoms with Gasteiger partial charge in [0.25, 0.3) is 0 Å². The van der Waals surface area contributed by atoms with Crippen LogP contribution in [0, 0.1) is 5.82 Å². The smallest absolute Gasteiger partial charge is 0.243 e. The SMILES string of the molecule is COCC(O)CCNc1nc2ccc(F)cn2n1. The molecule has 0 spiro atoms. The summed E-state index contributed by atoms with van der Waals surface area (Å²) in [6.45, 7) is 0.815. The van der Waals surface area contributed by atoms with Crippen LogP contribution in [-0.4, -0.2) is 46.1 Å². The lowest BCUT2D eigenvalue weighted by Gasteiger charge is -2.08. The fourth-order valence-electron chi connectivity index (χ4n) is 1.56. The summed E-state index contributed by atoms with van der Waals surface area (Å²) >= 11 is 0. The van der Waals surface area contributed by atoms with Crippen LogP contribution in [0.4, 0.5) is 10.3 Å². The molecule has 0 bridgehead atoms. The number of aliphatic hydroxyl groups is 1. The number of ether oxygens (including phenoxy) is 1. The Labute approximate surface area is 103 Å². The third-order valence-corrected chi connectivity index (χ3v) is 2.41. The van der Waals surface area contributed by atoms with Crippen LogP contribution in [0.2, 0.25) is 0 Å². The van der Waals surface area contributed by atoms with Gasteiger partial charge in [0.2, 0.25) is 5.95 Å². The van der Waals surface area contributed by atoms with Gasteiger partial charge >= 0.3 is 0 Å². The molecule has 2 aromatic rings. The molecule has 0 saturated carbocycles. The molecule has 0 aliphatic heterocycles. The van der Waals surface area contributed by atoms with Crippen LogP contribution < -0.4 is 5.32 Å². The highest BCUT2D eigenvalue weighted by Gasteiger charge is 2.06. The average Bonchev–Trinajstić information content (AvgIpc) is 2.71. The Bertz CT molecular complexity index is 517. The molecule has 1 unspecified atom stereocenters. The minimum absolute atomic E-state index is 0.297. The number of methoxy groups -OCH3 is 1. The van der Waals surface area contributed by atoms with Gasteiger partial charge in [0.1, 0.15) is 5.82 Å². The quantitative estimate of drug-likeness (QED) is 0.793. The number of aliphatic hydroxyl groups excluding tert-OH is 1. The van der Waals surface area contributed by atoms with E-state index in [2.05, 4.69) is 15.4 Å². The lowest BCUT2D eigenvalue weighted by atomic mass is 10.3. The first-order valence-electron chi connectivity index (χ1n) is 5.62. The molecule has 0 radical (unpaired) electrons. The molecule has 0 aliphatic rings. The molecule has 0 aromatic carbocycles. The van der Waals surface area contributed by atoms with Crippen molar-refractivity contribution >= 4 is 11.6 Å². The van der Waals surface area contributed by atoms with E-state index in [9.17, 15) is 9.50 Å². The second kappa shape index (κ2) is 5.74. The van der Waals surface area contributed by atoms with E-state index in [0.717, 1.165) is 0 Å². The normalized spacial score (nSPS) is 12.8. The van der Waals surface area contributed by atoms with Crippen LogP contribution >= 0.6 is 0 Å². The molecule has 0 aliphatic carbocycles. The molecular weight excluding hydrogens is 239 g/mol. The van der Waals surface area contributed by atoms with Crippen molar-refractivity contribution in [2.45, 2.75) is 12.5 Å². The zero-order valence-corrected chi connectivity index (χ0v) is 10.0. The number of anilines is 1. The van der Waals surface area contributed by atoms with E-state index >= 15 is 0 Å². The fourth-order valence-corrected chi connectivity index (χ4v) is 1.56. The molecule has 6 nitrogen and oxygen atoms in total. The van der Waals surface area contributed by atoms with Gasteiger partial charge in [-0.05, 0) is 18.6 Å². The third-order valence-electron chi connectivity index (χ3n) is 2.41. The highest BCUT2D eigenvalue weighted by molar-refractivity contribution is 5.42. The van der Waals surface area contributed by atoms with Gasteiger partial charge < -0.3 is 15.2 Å². The van der Waals surface area contributed by atoms with Gasteiger partial charge in [-0.1, -0.05) is 0 Å². The number of nitrogens with one attached hydrogen (secondary N) is 1. The Morgan fingerprint density at radius 3 is 3.17 bits per heavy atom. The Hall–Kier alpha value is -1.73. The number of pyridine rings is 1. The van der Waals surface area contributed by atoms with Gasteiger partial charge in [0, 0.05) is 13.7 Å². The highest BCUT2D eigenvalue weighted by Crippen LogP contribution is 2.06. The van der Waals surface area contributed by atoms with E-state index < -0.39 is 6.10 Å². The zero-order valence-electron chi connectivity index (χ0n) is 10.0. The summed E-state index contributed by atoms with van der Waals surface area (Å²) in [5.41, 5.74) is 0.566. The molecule has 7 heteroatoms. The van der Waals surface area contributed by atoms with Gasteiger partial charge in [0.05, 0.1) is 18.9 Å². The molecule has 0 amide bonds. The van der Waals surface area contributed by atoms with E-state index in [4.69, 9.17) is 4.74 Å². The maximum absolute atomic E-state index is 12.9. The van der Waals surface area contributed by atoms with Crippen LogP contribution in [0.15, 0.2) is 18.3 Å². The van der Waals surface area contributed by atoms with Crippen molar-refractivity contribution in [3.05, 3.63) is 24.1 Å². The van der Waals surface area contributed by atoms with Crippen molar-refractivity contribution in [3.8, 4) is 0 Å². The van der Waals surface area contributed by atoms with Crippen LogP contribution in [0.1, 0.15) is 6.42 Å². The molecule has 2 N–H and O–H groups in total. The zero-order chi connectivity index (χ0) is 13.0. The van der Waals surface area contributed by atoms with Crippen molar-refractivity contribution in [3.63, 3.8) is 0 Å². The average molecular weight is 254 g/mol. The van der Waals surface area contributed by atoms with Crippen molar-refractivity contribution < 1.29 is 14.2 Å². The molecule has 1 atom stereocenters. The first kappa shape index (κ1) is 12.7. The van der Waals surface area contributed by atoms with Crippen molar-refractivity contribution in [2.24, 2.45) is 0 Å². The molecule has 0 fully saturated rings. The van der Waals surface area contributed by atoms with Crippen LogP contribution in [0.5, 0.6) is 0 Å². The summed E-state index contributed by atoms with van der Waals surface area (Å²) in [6.07, 6.45) is 1.27. The number of hydrogen-bond donors (Lipinski definition) is 2. The maximum Gasteiger partial charge on any atom is 0.243 e. The van der Waals surface area contributed by atoms with E-state index in [1.54, 1.807) is 6.07 Å². The van der Waals surface area contributed by atoms with Crippen molar-refractivity contribution in [1.82, 2.24) is 14.6 Å². The lowest BCUT2D eigenvalue weighted by molar-refractivity contribution is 0.0615. The summed E-state index contributed by atoms with van der Waals surface area (Å²) in [5.74, 6) is 0.0414. The first-order chi connectivity index (χ1) is 8.69. The minimum atomic E-state index is -0.517. The summed E-state index contributed by atoms with van der Waals surface area (Å²) in [7, 11) is 1.54. The summed E-state index contributed by atoms with van der Waals surface area (Å²) in [5, 5.41) is 16.5. The number of fused-ring (bicyclic) bond motifs is 1. The topological polar surface area (TPSA) is 71.7 Å². The Morgan fingerprint density at radius 2 is 2.39 bits per heavy atom. The highest BCUT2D eigenvalue weighted by atomic mass is 19.1. The number of halogens is 1. The molecule has 2 aromatic heterocycles. The second-order valence-electron chi connectivity index (χ2n) is 3.91. The Morgan fingerprint density at radius 1 is 1.56 bits per heavy atom. The van der Waals surface area contributed by atoms with Gasteiger partial charge in [-0.15, -0.1) is 5.10 Å². The molecular formula is C11H15FN4O2. The minimum Gasteiger partial charge on any atom is -0.391 e. The number of hydrogen-bond acceptors (Lipinski definition) is 5. The number of nitrogens with zero attached hydrogens (tertiary/aromatic N) is 3. The predicted octanol–water partition coefficient (Wildman–Crippen LogP) is 0.678. The van der Waals surface area contributed by atoms with Crippen LogP contribution in [0.3, 0.4) is 0 Å². The second-order valence-corrected chi connectivity index (χ2v) is 3.91. The van der Waals surface area contributed by atoms with Gasteiger partial charge in [-0.2, -0.15) is 4.98 Å². The van der Waals surface area contributed by atoms with Crippen LogP contribution in [-0.2, 0) is 4.74 Å². The van der Waals surface area contributed by atoms with Crippen molar-refractivity contribution in [2.75, 3.05) is 25.6 Å². The van der Waals surface area contributed by atoms with E-state index in [1.807, 2.05) is 0 Å². The van der Waals surface area contributed by atoms with Crippen molar-refractivity contribution in [1.29, 1.82) is 0 Å². The predicted molar refractivity (Wildman–Crippen MR) is 63.9 cm³/mol. The van der Waals surface area contributed by atoms with E-state index in [-0.39, 0.29) is 5.82 Å². The molecule has 18 heavy (non-hydrogen) atoms.